The summed E-state index contributed by atoms with van der Waals surface area (Å²) in [4.78, 5) is 23.8. The van der Waals surface area contributed by atoms with Crippen LogP contribution in [0, 0.1) is 17.0 Å². The molecule has 0 aromatic heterocycles. The molecule has 1 amide bonds. The number of carbonyl (C=O) groups excluding carboxylic acids is 1. The quantitative estimate of drug-likeness (QED) is 0.658. The number of amides is 1. The van der Waals surface area contributed by atoms with E-state index in [0.29, 0.717) is 16.2 Å². The number of anilines is 1. The van der Waals surface area contributed by atoms with Crippen molar-refractivity contribution in [2.45, 2.75) is 19.3 Å². The van der Waals surface area contributed by atoms with Crippen molar-refractivity contribution >= 4 is 17.3 Å². The molecule has 1 N–H and O–H groups in total. The van der Waals surface area contributed by atoms with Gasteiger partial charge in [0.1, 0.15) is 12.7 Å². The number of carbonyl (C=O) groups is 1. The minimum Gasteiger partial charge on any atom is -0.361 e. The molecule has 1 aliphatic heterocycles. The average Bonchev–Trinajstić information content (AvgIpc) is 2.56. The number of nitro benzene ring substituents is 1. The predicted octanol–water partition coefficient (Wildman–Crippen LogP) is 4.03. The van der Waals surface area contributed by atoms with Gasteiger partial charge < -0.3 is 10.2 Å². The first-order chi connectivity index (χ1) is 12.2. The van der Waals surface area contributed by atoms with E-state index in [1.807, 2.05) is 0 Å². The highest BCUT2D eigenvalue weighted by Gasteiger charge is 2.41. The smallest absolute Gasteiger partial charge is 0.361 e. The third kappa shape index (κ3) is 3.32. The maximum absolute atomic E-state index is 13.0. The van der Waals surface area contributed by atoms with Crippen molar-refractivity contribution in [2.75, 3.05) is 11.9 Å². The molecular formula is C17H14F3N3O3. The lowest BCUT2D eigenvalue weighted by Gasteiger charge is -2.38. The van der Waals surface area contributed by atoms with Gasteiger partial charge in [-0.25, -0.2) is 0 Å². The normalized spacial score (nSPS) is 16.8. The number of alkyl halides is 3. The molecule has 1 atom stereocenters. The minimum atomic E-state index is -4.61. The Morgan fingerprint density at radius 2 is 1.92 bits per heavy atom. The summed E-state index contributed by atoms with van der Waals surface area (Å²) in [5, 5.41) is 14.0. The van der Waals surface area contributed by atoms with Gasteiger partial charge in [0.15, 0.2) is 0 Å². The Bertz CT molecular complexity index is 883. The van der Waals surface area contributed by atoms with Gasteiger partial charge in [0.25, 0.3) is 11.6 Å². The van der Waals surface area contributed by atoms with Gasteiger partial charge in [-0.1, -0.05) is 24.3 Å². The molecule has 2 aromatic carbocycles. The number of fused-ring (bicyclic) bond motifs is 1. The van der Waals surface area contributed by atoms with Crippen molar-refractivity contribution in [3.8, 4) is 0 Å². The number of aryl methyl sites for hydroxylation is 1. The van der Waals surface area contributed by atoms with Crippen LogP contribution in [0.2, 0.25) is 0 Å². The molecule has 6 nitrogen and oxygen atoms in total. The third-order valence-corrected chi connectivity index (χ3v) is 4.12. The lowest BCUT2D eigenvalue weighted by atomic mass is 10.0. The first-order valence-corrected chi connectivity index (χ1v) is 7.65. The number of benzene rings is 2. The number of rotatable bonds is 3. The summed E-state index contributed by atoms with van der Waals surface area (Å²) in [6.07, 6.45) is -5.78. The van der Waals surface area contributed by atoms with Crippen molar-refractivity contribution in [1.29, 1.82) is 0 Å². The Morgan fingerprint density at radius 1 is 1.23 bits per heavy atom. The largest absolute Gasteiger partial charge is 0.406 e. The van der Waals surface area contributed by atoms with Crippen molar-refractivity contribution in [3.63, 3.8) is 0 Å². The molecule has 0 saturated carbocycles. The standard InChI is InChI=1S/C17H14F3N3O3/c1-10-6-7-11(8-14(10)23(25)26)15-21-13-5-3-2-4-12(13)16(24)22(15)9-17(18,19)20/h2-8,15,21H,9H2,1H3. The van der Waals surface area contributed by atoms with E-state index in [-0.39, 0.29) is 16.8 Å². The molecule has 1 aliphatic rings. The van der Waals surface area contributed by atoms with E-state index in [1.165, 1.54) is 31.2 Å². The summed E-state index contributed by atoms with van der Waals surface area (Å²) in [7, 11) is 0. The van der Waals surface area contributed by atoms with Crippen LogP contribution in [0.15, 0.2) is 42.5 Å². The number of hydrogen-bond acceptors (Lipinski definition) is 4. The van der Waals surface area contributed by atoms with Gasteiger partial charge in [-0.05, 0) is 19.1 Å². The Kier molecular flexibility index (Phi) is 4.31. The second-order valence-electron chi connectivity index (χ2n) is 5.94. The maximum Gasteiger partial charge on any atom is 0.406 e. The molecule has 0 saturated heterocycles. The highest BCUT2D eigenvalue weighted by atomic mass is 19.4. The van der Waals surface area contributed by atoms with E-state index in [4.69, 9.17) is 0 Å². The van der Waals surface area contributed by atoms with E-state index in [1.54, 1.807) is 18.2 Å². The highest BCUT2D eigenvalue weighted by molar-refractivity contribution is 6.01. The number of para-hydroxylation sites is 1. The molecule has 1 unspecified atom stereocenters. The Morgan fingerprint density at radius 3 is 2.58 bits per heavy atom. The van der Waals surface area contributed by atoms with E-state index in [9.17, 15) is 28.1 Å². The number of nitrogens with one attached hydrogen (secondary N) is 1. The van der Waals surface area contributed by atoms with Crippen LogP contribution >= 0.6 is 0 Å². The summed E-state index contributed by atoms with van der Waals surface area (Å²) in [5.74, 6) is -0.787. The zero-order chi connectivity index (χ0) is 19.1. The summed E-state index contributed by atoms with van der Waals surface area (Å²) in [6, 6.07) is 10.3. The van der Waals surface area contributed by atoms with Crippen LogP contribution in [-0.2, 0) is 0 Å². The van der Waals surface area contributed by atoms with Gasteiger partial charge in [-0.3, -0.25) is 14.9 Å². The summed E-state index contributed by atoms with van der Waals surface area (Å²) in [6.45, 7) is 0.0592. The van der Waals surface area contributed by atoms with Gasteiger partial charge in [0.2, 0.25) is 0 Å². The van der Waals surface area contributed by atoms with Crippen molar-refractivity contribution in [2.24, 2.45) is 0 Å². The summed E-state index contributed by atoms with van der Waals surface area (Å²) >= 11 is 0. The molecule has 26 heavy (non-hydrogen) atoms. The van der Waals surface area contributed by atoms with Crippen LogP contribution < -0.4 is 5.32 Å². The molecule has 1 heterocycles. The summed E-state index contributed by atoms with van der Waals surface area (Å²) in [5.41, 5.74) is 0.861. The molecule has 0 spiro atoms. The fraction of sp³-hybridized carbons (Fsp3) is 0.235. The Hall–Kier alpha value is -3.10. The van der Waals surface area contributed by atoms with Crippen LogP contribution in [0.1, 0.15) is 27.7 Å². The van der Waals surface area contributed by atoms with Gasteiger partial charge in [-0.2, -0.15) is 13.2 Å². The Balaban J connectivity index is 2.09. The first kappa shape index (κ1) is 17.7. The zero-order valence-corrected chi connectivity index (χ0v) is 13.6. The average molecular weight is 365 g/mol. The fourth-order valence-corrected chi connectivity index (χ4v) is 2.91. The number of nitrogens with zero attached hydrogens (tertiary/aromatic N) is 2. The SMILES string of the molecule is Cc1ccc(C2Nc3ccccc3C(=O)N2CC(F)(F)F)cc1[N+](=O)[O-]. The number of nitro groups is 1. The summed E-state index contributed by atoms with van der Waals surface area (Å²) < 4.78 is 39.1. The Labute approximate surface area is 146 Å². The molecular weight excluding hydrogens is 351 g/mol. The van der Waals surface area contributed by atoms with Crippen LogP contribution in [0.5, 0.6) is 0 Å². The zero-order valence-electron chi connectivity index (χ0n) is 13.6. The third-order valence-electron chi connectivity index (χ3n) is 4.12. The van der Waals surface area contributed by atoms with Gasteiger partial charge >= 0.3 is 6.18 Å². The van der Waals surface area contributed by atoms with Crippen molar-refractivity contribution in [1.82, 2.24) is 4.90 Å². The monoisotopic (exact) mass is 365 g/mol. The van der Waals surface area contributed by atoms with Crippen LogP contribution in [-0.4, -0.2) is 28.5 Å². The second kappa shape index (κ2) is 6.32. The van der Waals surface area contributed by atoms with Crippen LogP contribution in [0.25, 0.3) is 0 Å². The fourth-order valence-electron chi connectivity index (χ4n) is 2.91. The van der Waals surface area contributed by atoms with Crippen molar-refractivity contribution in [3.05, 3.63) is 69.3 Å². The predicted molar refractivity (Wildman–Crippen MR) is 87.7 cm³/mol. The number of hydrogen-bond donors (Lipinski definition) is 1. The molecule has 136 valence electrons. The molecule has 9 heteroatoms. The molecule has 0 fully saturated rings. The molecule has 0 aliphatic carbocycles. The van der Waals surface area contributed by atoms with Crippen LogP contribution in [0.3, 0.4) is 0 Å². The molecule has 0 bridgehead atoms. The van der Waals surface area contributed by atoms with Crippen LogP contribution in [0.4, 0.5) is 24.5 Å². The van der Waals surface area contributed by atoms with Gasteiger partial charge in [-0.15, -0.1) is 0 Å². The van der Waals surface area contributed by atoms with Gasteiger partial charge in [0.05, 0.1) is 10.5 Å². The minimum absolute atomic E-state index is 0.120. The molecule has 3 rings (SSSR count). The lowest BCUT2D eigenvalue weighted by molar-refractivity contribution is -0.385. The molecule has 2 aromatic rings. The highest BCUT2D eigenvalue weighted by Crippen LogP contribution is 2.36. The van der Waals surface area contributed by atoms with E-state index in [2.05, 4.69) is 5.32 Å². The maximum atomic E-state index is 13.0. The topological polar surface area (TPSA) is 75.5 Å². The first-order valence-electron chi connectivity index (χ1n) is 7.65. The lowest BCUT2D eigenvalue weighted by Crippen LogP contribution is -2.47. The van der Waals surface area contributed by atoms with E-state index < -0.39 is 29.7 Å². The second-order valence-corrected chi connectivity index (χ2v) is 5.94. The molecule has 0 radical (unpaired) electrons. The van der Waals surface area contributed by atoms with E-state index in [0.717, 1.165) is 0 Å². The van der Waals surface area contributed by atoms with Crippen molar-refractivity contribution < 1.29 is 22.9 Å². The van der Waals surface area contributed by atoms with E-state index >= 15 is 0 Å². The van der Waals surface area contributed by atoms with Gasteiger partial charge in [0, 0.05) is 22.9 Å². The number of halogens is 3.